The van der Waals surface area contributed by atoms with Gasteiger partial charge in [0.25, 0.3) is 0 Å². The molecule has 0 saturated heterocycles. The summed E-state index contributed by atoms with van der Waals surface area (Å²) in [6.07, 6.45) is 1.52. The number of hydrogen-bond donors (Lipinski definition) is 2. The molecule has 2 aromatic carbocycles. The van der Waals surface area contributed by atoms with Gasteiger partial charge in [-0.2, -0.15) is 5.26 Å². The van der Waals surface area contributed by atoms with E-state index in [0.717, 1.165) is 30.0 Å². The predicted molar refractivity (Wildman–Crippen MR) is 114 cm³/mol. The van der Waals surface area contributed by atoms with Crippen LogP contribution in [0.25, 0.3) is 0 Å². The van der Waals surface area contributed by atoms with Gasteiger partial charge in [0.15, 0.2) is 0 Å². The van der Waals surface area contributed by atoms with E-state index >= 15 is 0 Å². The first kappa shape index (κ1) is 19.2. The van der Waals surface area contributed by atoms with Crippen molar-refractivity contribution < 1.29 is 0 Å². The number of nitrogens with one attached hydrogen (secondary N) is 2. The van der Waals surface area contributed by atoms with E-state index in [1.807, 2.05) is 18.2 Å². The SMILES string of the molecule is CCN(CC)c1ccc(Nc2cc(Nc3ccc(C#N)cc3)ncn2)c(C)c1. The van der Waals surface area contributed by atoms with Crippen molar-refractivity contribution >= 4 is 28.7 Å². The molecule has 0 saturated carbocycles. The summed E-state index contributed by atoms with van der Waals surface area (Å²) in [5.41, 5.74) is 4.88. The smallest absolute Gasteiger partial charge is 0.135 e. The third-order valence-corrected chi connectivity index (χ3v) is 4.55. The van der Waals surface area contributed by atoms with E-state index in [9.17, 15) is 0 Å². The van der Waals surface area contributed by atoms with Crippen LogP contribution in [0.2, 0.25) is 0 Å². The summed E-state index contributed by atoms with van der Waals surface area (Å²) in [6.45, 7) is 8.38. The van der Waals surface area contributed by atoms with Gasteiger partial charge in [-0.25, -0.2) is 9.97 Å². The fourth-order valence-corrected chi connectivity index (χ4v) is 2.98. The van der Waals surface area contributed by atoms with E-state index in [0.29, 0.717) is 17.2 Å². The highest BCUT2D eigenvalue weighted by molar-refractivity contribution is 5.67. The van der Waals surface area contributed by atoms with Gasteiger partial charge < -0.3 is 15.5 Å². The molecule has 0 aliphatic heterocycles. The second-order valence-electron chi connectivity index (χ2n) is 6.40. The van der Waals surface area contributed by atoms with Crippen molar-refractivity contribution in [2.75, 3.05) is 28.6 Å². The number of rotatable bonds is 7. The number of anilines is 5. The normalized spacial score (nSPS) is 10.2. The van der Waals surface area contributed by atoms with Gasteiger partial charge in [0.1, 0.15) is 18.0 Å². The molecule has 3 aromatic rings. The van der Waals surface area contributed by atoms with Crippen LogP contribution in [-0.4, -0.2) is 23.1 Å². The van der Waals surface area contributed by atoms with Crippen molar-refractivity contribution in [3.05, 3.63) is 66.0 Å². The molecule has 2 N–H and O–H groups in total. The Morgan fingerprint density at radius 2 is 1.61 bits per heavy atom. The van der Waals surface area contributed by atoms with E-state index in [2.05, 4.69) is 70.5 Å². The Hall–Kier alpha value is -3.59. The van der Waals surface area contributed by atoms with Crippen molar-refractivity contribution in [2.45, 2.75) is 20.8 Å². The number of hydrogen-bond acceptors (Lipinski definition) is 6. The largest absolute Gasteiger partial charge is 0.372 e. The average molecular weight is 372 g/mol. The highest BCUT2D eigenvalue weighted by atomic mass is 15.1. The highest BCUT2D eigenvalue weighted by Gasteiger charge is 2.07. The minimum Gasteiger partial charge on any atom is -0.372 e. The lowest BCUT2D eigenvalue weighted by molar-refractivity contribution is 0.866. The quantitative estimate of drug-likeness (QED) is 0.608. The molecule has 6 heteroatoms. The molecule has 0 aliphatic carbocycles. The fourth-order valence-electron chi connectivity index (χ4n) is 2.98. The molecule has 28 heavy (non-hydrogen) atoms. The molecule has 1 aromatic heterocycles. The standard InChI is InChI=1S/C22H24N6/c1-4-28(5-2)19-10-11-20(16(3)12-19)27-22-13-21(24-15-25-22)26-18-8-6-17(14-23)7-9-18/h6-13,15H,4-5H2,1-3H3,(H2,24,25,26,27). The molecular formula is C22H24N6. The Morgan fingerprint density at radius 3 is 2.21 bits per heavy atom. The Kier molecular flexibility index (Phi) is 6.07. The second kappa shape index (κ2) is 8.87. The maximum Gasteiger partial charge on any atom is 0.135 e. The van der Waals surface area contributed by atoms with Gasteiger partial charge in [-0.1, -0.05) is 0 Å². The van der Waals surface area contributed by atoms with Crippen molar-refractivity contribution in [3.8, 4) is 6.07 Å². The highest BCUT2D eigenvalue weighted by Crippen LogP contribution is 2.26. The molecule has 3 rings (SSSR count). The van der Waals surface area contributed by atoms with E-state index in [1.165, 1.54) is 12.0 Å². The summed E-state index contributed by atoms with van der Waals surface area (Å²) < 4.78 is 0. The molecule has 0 unspecified atom stereocenters. The number of nitrogens with zero attached hydrogens (tertiary/aromatic N) is 4. The van der Waals surface area contributed by atoms with E-state index in [4.69, 9.17) is 5.26 Å². The second-order valence-corrected chi connectivity index (χ2v) is 6.40. The molecule has 6 nitrogen and oxygen atoms in total. The first-order valence-corrected chi connectivity index (χ1v) is 9.34. The topological polar surface area (TPSA) is 76.9 Å². The average Bonchev–Trinajstić information content (AvgIpc) is 2.72. The van der Waals surface area contributed by atoms with Gasteiger partial charge in [-0.3, -0.25) is 0 Å². The monoisotopic (exact) mass is 372 g/mol. The third-order valence-electron chi connectivity index (χ3n) is 4.55. The lowest BCUT2D eigenvalue weighted by atomic mass is 10.1. The van der Waals surface area contributed by atoms with Crippen LogP contribution in [0.15, 0.2) is 54.9 Å². The van der Waals surface area contributed by atoms with Crippen LogP contribution in [0.4, 0.5) is 28.7 Å². The van der Waals surface area contributed by atoms with Crippen LogP contribution in [0.1, 0.15) is 25.0 Å². The minimum atomic E-state index is 0.624. The Labute approximate surface area is 165 Å². The van der Waals surface area contributed by atoms with Crippen LogP contribution in [0, 0.1) is 18.3 Å². The van der Waals surface area contributed by atoms with E-state index < -0.39 is 0 Å². The van der Waals surface area contributed by atoms with Gasteiger partial charge in [0.05, 0.1) is 11.6 Å². The molecular weight excluding hydrogens is 348 g/mol. The number of aromatic nitrogens is 2. The molecule has 1 heterocycles. The zero-order chi connectivity index (χ0) is 19.9. The van der Waals surface area contributed by atoms with E-state index in [-0.39, 0.29) is 0 Å². The number of aryl methyl sites for hydroxylation is 1. The van der Waals surface area contributed by atoms with Gasteiger partial charge in [0.2, 0.25) is 0 Å². The molecule has 0 amide bonds. The fraction of sp³-hybridized carbons (Fsp3) is 0.227. The Morgan fingerprint density at radius 1 is 0.929 bits per heavy atom. The van der Waals surface area contributed by atoms with Crippen LogP contribution in [0.5, 0.6) is 0 Å². The predicted octanol–water partition coefficient (Wildman–Crippen LogP) is 4.99. The molecule has 0 spiro atoms. The first-order chi connectivity index (χ1) is 13.6. The molecule has 0 aliphatic rings. The van der Waals surface area contributed by atoms with Gasteiger partial charge in [0, 0.05) is 36.2 Å². The van der Waals surface area contributed by atoms with Crippen LogP contribution in [0.3, 0.4) is 0 Å². The number of nitriles is 1. The summed E-state index contributed by atoms with van der Waals surface area (Å²) in [5.74, 6) is 1.39. The maximum absolute atomic E-state index is 8.89. The van der Waals surface area contributed by atoms with Gasteiger partial charge >= 0.3 is 0 Å². The van der Waals surface area contributed by atoms with Crippen molar-refractivity contribution in [1.29, 1.82) is 5.26 Å². The maximum atomic E-state index is 8.89. The third kappa shape index (κ3) is 4.57. The summed E-state index contributed by atoms with van der Waals surface area (Å²) in [4.78, 5) is 10.9. The summed E-state index contributed by atoms with van der Waals surface area (Å²) in [7, 11) is 0. The Balaban J connectivity index is 1.74. The lowest BCUT2D eigenvalue weighted by Gasteiger charge is -2.22. The molecule has 0 radical (unpaired) electrons. The Bertz CT molecular complexity index is 971. The molecule has 0 atom stereocenters. The first-order valence-electron chi connectivity index (χ1n) is 9.34. The minimum absolute atomic E-state index is 0.624. The summed E-state index contributed by atoms with van der Waals surface area (Å²) >= 11 is 0. The molecule has 142 valence electrons. The number of benzene rings is 2. The van der Waals surface area contributed by atoms with Crippen molar-refractivity contribution in [3.63, 3.8) is 0 Å². The zero-order valence-electron chi connectivity index (χ0n) is 16.4. The van der Waals surface area contributed by atoms with E-state index in [1.54, 1.807) is 12.1 Å². The summed E-state index contributed by atoms with van der Waals surface area (Å²) in [5, 5.41) is 15.5. The van der Waals surface area contributed by atoms with Gasteiger partial charge in [-0.05, 0) is 68.8 Å². The van der Waals surface area contributed by atoms with Crippen LogP contribution < -0.4 is 15.5 Å². The van der Waals surface area contributed by atoms with Crippen molar-refractivity contribution in [2.24, 2.45) is 0 Å². The summed E-state index contributed by atoms with van der Waals surface area (Å²) in [6, 6.07) is 17.6. The van der Waals surface area contributed by atoms with Crippen LogP contribution in [-0.2, 0) is 0 Å². The lowest BCUT2D eigenvalue weighted by Crippen LogP contribution is -2.21. The zero-order valence-corrected chi connectivity index (χ0v) is 16.4. The molecule has 0 bridgehead atoms. The van der Waals surface area contributed by atoms with Gasteiger partial charge in [-0.15, -0.1) is 0 Å². The van der Waals surface area contributed by atoms with Crippen LogP contribution >= 0.6 is 0 Å². The van der Waals surface area contributed by atoms with Crippen molar-refractivity contribution in [1.82, 2.24) is 9.97 Å². The molecule has 0 fully saturated rings.